The van der Waals surface area contributed by atoms with Crippen molar-refractivity contribution in [3.8, 4) is 0 Å². The third-order valence-corrected chi connectivity index (χ3v) is 4.90. The third-order valence-electron chi connectivity index (χ3n) is 4.90. The number of hydrogen-bond acceptors (Lipinski definition) is 5. The van der Waals surface area contributed by atoms with Crippen molar-refractivity contribution in [2.45, 2.75) is 32.4 Å². The lowest BCUT2D eigenvalue weighted by molar-refractivity contribution is 0.0909. The van der Waals surface area contributed by atoms with Crippen molar-refractivity contribution in [2.24, 2.45) is 5.92 Å². The van der Waals surface area contributed by atoms with Crippen LogP contribution in [0.25, 0.3) is 11.2 Å². The molecule has 0 amide bonds. The molecule has 26 heavy (non-hydrogen) atoms. The van der Waals surface area contributed by atoms with Gasteiger partial charge in [-0.2, -0.15) is 0 Å². The molecule has 1 atom stereocenters. The minimum absolute atomic E-state index is 0.425. The molecule has 3 aromatic rings. The van der Waals surface area contributed by atoms with E-state index in [2.05, 4.69) is 37.7 Å². The lowest BCUT2D eigenvalue weighted by Crippen LogP contribution is -2.19. The van der Waals surface area contributed by atoms with E-state index in [1.54, 1.807) is 6.33 Å². The summed E-state index contributed by atoms with van der Waals surface area (Å²) < 4.78 is 8.05. The zero-order valence-electron chi connectivity index (χ0n) is 14.7. The maximum atomic E-state index is 6.00. The van der Waals surface area contributed by atoms with Crippen LogP contribution in [0.5, 0.6) is 0 Å². The molecule has 2 heterocycles. The van der Waals surface area contributed by atoms with Gasteiger partial charge in [-0.15, -0.1) is 0 Å². The molecule has 6 nitrogen and oxygen atoms in total. The van der Waals surface area contributed by atoms with Crippen molar-refractivity contribution >= 4 is 17.0 Å². The normalized spacial score (nSPS) is 17.4. The number of rotatable bonds is 6. The van der Waals surface area contributed by atoms with Crippen molar-refractivity contribution in [1.29, 1.82) is 0 Å². The molecule has 1 aliphatic rings. The first-order valence-electron chi connectivity index (χ1n) is 9.03. The van der Waals surface area contributed by atoms with Gasteiger partial charge in [0.15, 0.2) is 11.5 Å². The lowest BCUT2D eigenvalue weighted by Gasteiger charge is -2.25. The van der Waals surface area contributed by atoms with E-state index >= 15 is 0 Å². The summed E-state index contributed by atoms with van der Waals surface area (Å²) in [5.74, 6) is 0.859. The van der Waals surface area contributed by atoms with E-state index in [1.807, 2.05) is 18.2 Å². The van der Waals surface area contributed by atoms with Crippen molar-refractivity contribution in [2.75, 3.05) is 12.3 Å². The van der Waals surface area contributed by atoms with Crippen LogP contribution in [0.15, 0.2) is 54.6 Å². The Labute approximate surface area is 152 Å². The zero-order valence-corrected chi connectivity index (χ0v) is 14.7. The van der Waals surface area contributed by atoms with Gasteiger partial charge in [0.2, 0.25) is 0 Å². The van der Waals surface area contributed by atoms with Gasteiger partial charge in [-0.3, -0.25) is 0 Å². The lowest BCUT2D eigenvalue weighted by atomic mass is 9.88. The Balaban J connectivity index is 1.44. The van der Waals surface area contributed by atoms with E-state index < -0.39 is 0 Å². The number of fused-ring (bicyclic) bond motifs is 1. The molecule has 0 fully saturated rings. The van der Waals surface area contributed by atoms with E-state index in [9.17, 15) is 0 Å². The number of ether oxygens (including phenoxy) is 1. The second-order valence-electron chi connectivity index (χ2n) is 6.71. The van der Waals surface area contributed by atoms with Gasteiger partial charge in [0.05, 0.1) is 19.5 Å². The number of nitrogen functional groups attached to an aromatic ring is 1. The molecule has 134 valence electrons. The summed E-state index contributed by atoms with van der Waals surface area (Å²) >= 11 is 0. The van der Waals surface area contributed by atoms with Crippen LogP contribution in [-0.2, 0) is 17.9 Å². The fraction of sp³-hybridized carbons (Fsp3) is 0.350. The molecule has 2 aromatic heterocycles. The third kappa shape index (κ3) is 3.60. The van der Waals surface area contributed by atoms with Crippen LogP contribution in [0.4, 0.5) is 5.82 Å². The maximum absolute atomic E-state index is 6.00. The van der Waals surface area contributed by atoms with Crippen molar-refractivity contribution in [1.82, 2.24) is 19.5 Å². The molecule has 0 radical (unpaired) electrons. The predicted octanol–water partition coefficient (Wildman–Crippen LogP) is 3.35. The Morgan fingerprint density at radius 1 is 1.15 bits per heavy atom. The summed E-state index contributed by atoms with van der Waals surface area (Å²) in [5.41, 5.74) is 9.94. The minimum atomic E-state index is 0.425. The van der Waals surface area contributed by atoms with Gasteiger partial charge in [-0.1, -0.05) is 36.4 Å². The second-order valence-corrected chi connectivity index (χ2v) is 6.71. The molecule has 1 aromatic carbocycles. The highest BCUT2D eigenvalue weighted by Gasteiger charge is 2.19. The van der Waals surface area contributed by atoms with Gasteiger partial charge in [0, 0.05) is 12.5 Å². The number of imidazole rings is 1. The van der Waals surface area contributed by atoms with Crippen molar-refractivity contribution in [3.63, 3.8) is 0 Å². The van der Waals surface area contributed by atoms with E-state index in [-0.39, 0.29) is 0 Å². The van der Waals surface area contributed by atoms with Crippen LogP contribution >= 0.6 is 0 Å². The van der Waals surface area contributed by atoms with Crippen LogP contribution in [-0.4, -0.2) is 26.1 Å². The number of nitrogens with two attached hydrogens (primary N) is 1. The number of nitrogens with zero attached hydrogens (tertiary/aromatic N) is 4. The first kappa shape index (κ1) is 16.7. The highest BCUT2D eigenvalue weighted by atomic mass is 16.5. The molecule has 1 unspecified atom stereocenters. The standard InChI is InChI=1S/C20H23N5O/c21-19-18-20(23-13-22-19)25(14-24-18)10-16-8-4-5-9-17(16)12-26-11-15-6-2-1-3-7-15/h1-3,6-8,13-14,17H,4-5,9-12H2,(H2,21,22,23). The monoisotopic (exact) mass is 349 g/mol. The van der Waals surface area contributed by atoms with Gasteiger partial charge < -0.3 is 15.0 Å². The maximum Gasteiger partial charge on any atom is 0.165 e. The number of anilines is 1. The zero-order chi connectivity index (χ0) is 17.8. The predicted molar refractivity (Wildman–Crippen MR) is 101 cm³/mol. The molecule has 0 bridgehead atoms. The summed E-state index contributed by atoms with van der Waals surface area (Å²) in [6.45, 7) is 2.17. The molecule has 2 N–H and O–H groups in total. The van der Waals surface area contributed by atoms with Gasteiger partial charge in [0.1, 0.15) is 11.8 Å². The largest absolute Gasteiger partial charge is 0.382 e. The highest BCUT2D eigenvalue weighted by molar-refractivity contribution is 5.81. The quantitative estimate of drug-likeness (QED) is 0.690. The Morgan fingerprint density at radius 2 is 2.04 bits per heavy atom. The average molecular weight is 349 g/mol. The molecule has 0 spiro atoms. The molecule has 1 aliphatic carbocycles. The summed E-state index contributed by atoms with van der Waals surface area (Å²) in [5, 5.41) is 0. The molecule has 0 aliphatic heterocycles. The molecule has 6 heteroatoms. The van der Waals surface area contributed by atoms with Gasteiger partial charge in [0.25, 0.3) is 0 Å². The second kappa shape index (κ2) is 7.66. The Hall–Kier alpha value is -2.73. The van der Waals surface area contributed by atoms with Crippen molar-refractivity contribution in [3.05, 3.63) is 60.2 Å². The summed E-state index contributed by atoms with van der Waals surface area (Å²) in [6, 6.07) is 10.3. The first-order valence-corrected chi connectivity index (χ1v) is 9.03. The van der Waals surface area contributed by atoms with Crippen LogP contribution in [0.2, 0.25) is 0 Å². The smallest absolute Gasteiger partial charge is 0.165 e. The SMILES string of the molecule is Nc1ncnc2c1ncn2CC1=CCCCC1COCc1ccccc1. The van der Waals surface area contributed by atoms with Crippen molar-refractivity contribution < 1.29 is 4.74 Å². The highest BCUT2D eigenvalue weighted by Crippen LogP contribution is 2.28. The fourth-order valence-electron chi connectivity index (χ4n) is 3.49. The Kier molecular flexibility index (Phi) is 4.93. The van der Waals surface area contributed by atoms with E-state index in [4.69, 9.17) is 10.5 Å². The molecule has 4 rings (SSSR count). The Bertz CT molecular complexity index is 903. The molecular weight excluding hydrogens is 326 g/mol. The molecule has 0 saturated carbocycles. The molecular formula is C20H23N5O. The van der Waals surface area contributed by atoms with E-state index in [0.717, 1.165) is 31.6 Å². The number of benzene rings is 1. The Morgan fingerprint density at radius 3 is 2.92 bits per heavy atom. The summed E-state index contributed by atoms with van der Waals surface area (Å²) in [7, 11) is 0. The number of allylic oxidation sites excluding steroid dienone is 1. The number of aromatic nitrogens is 4. The summed E-state index contributed by atoms with van der Waals surface area (Å²) in [4.78, 5) is 12.7. The minimum Gasteiger partial charge on any atom is -0.382 e. The van der Waals surface area contributed by atoms with Gasteiger partial charge in [-0.25, -0.2) is 15.0 Å². The average Bonchev–Trinajstić information content (AvgIpc) is 3.08. The van der Waals surface area contributed by atoms with Gasteiger partial charge in [-0.05, 0) is 30.4 Å². The molecule has 0 saturated heterocycles. The van der Waals surface area contributed by atoms with Crippen LogP contribution in [0, 0.1) is 5.92 Å². The van der Waals surface area contributed by atoms with Crippen LogP contribution in [0.1, 0.15) is 24.8 Å². The summed E-state index contributed by atoms with van der Waals surface area (Å²) in [6.07, 6.45) is 9.12. The first-order chi connectivity index (χ1) is 12.8. The fourth-order valence-corrected chi connectivity index (χ4v) is 3.49. The topological polar surface area (TPSA) is 78.9 Å². The van der Waals surface area contributed by atoms with Gasteiger partial charge >= 0.3 is 0 Å². The van der Waals surface area contributed by atoms with E-state index in [0.29, 0.717) is 23.9 Å². The number of hydrogen-bond donors (Lipinski definition) is 1. The van der Waals surface area contributed by atoms with E-state index in [1.165, 1.54) is 23.9 Å². The van der Waals surface area contributed by atoms with Crippen LogP contribution < -0.4 is 5.73 Å². The van der Waals surface area contributed by atoms with Crippen LogP contribution in [0.3, 0.4) is 0 Å².